The lowest BCUT2D eigenvalue weighted by atomic mass is 10.1. The molecule has 7 nitrogen and oxygen atoms in total. The Balaban J connectivity index is 2.63. The van der Waals surface area contributed by atoms with Gasteiger partial charge in [0, 0.05) is 18.3 Å². The second kappa shape index (κ2) is 10.1. The van der Waals surface area contributed by atoms with Crippen molar-refractivity contribution in [1.82, 2.24) is 4.90 Å². The minimum atomic E-state index is -2.38. The molecular formula is C24H38N2O5Si. The molecule has 0 radical (unpaired) electrons. The van der Waals surface area contributed by atoms with Crippen LogP contribution in [0.1, 0.15) is 78.6 Å². The number of hydrogen-bond donors (Lipinski definition) is 0. The number of carbonyl (C=O) groups is 1. The fraction of sp³-hybridized carbons (Fsp3) is 0.625. The number of methoxy groups -OCH3 is 1. The van der Waals surface area contributed by atoms with Crippen molar-refractivity contribution in [2.24, 2.45) is 0 Å². The van der Waals surface area contributed by atoms with Gasteiger partial charge < -0.3 is 14.1 Å². The molecule has 1 aliphatic heterocycles. The van der Waals surface area contributed by atoms with Crippen molar-refractivity contribution in [3.05, 3.63) is 39.6 Å². The van der Waals surface area contributed by atoms with Crippen LogP contribution in [0.3, 0.4) is 0 Å². The molecule has 0 N–H and O–H groups in total. The van der Waals surface area contributed by atoms with Crippen LogP contribution in [0.15, 0.2) is 23.9 Å². The summed E-state index contributed by atoms with van der Waals surface area (Å²) in [6.45, 7) is 16.9. The van der Waals surface area contributed by atoms with Gasteiger partial charge in [0.25, 0.3) is 19.9 Å². The number of benzene rings is 1. The first-order valence-corrected chi connectivity index (χ1v) is 13.6. The van der Waals surface area contributed by atoms with Crippen LogP contribution < -0.4 is 9.16 Å². The minimum Gasteiger partial charge on any atom is -0.540 e. The fourth-order valence-corrected chi connectivity index (χ4v) is 10.5. The summed E-state index contributed by atoms with van der Waals surface area (Å²) in [7, 11) is -0.877. The normalized spacial score (nSPS) is 16.7. The second-order valence-electron chi connectivity index (χ2n) is 9.65. The molecule has 1 heterocycles. The summed E-state index contributed by atoms with van der Waals surface area (Å²) in [5.74, 6) is 0.315. The summed E-state index contributed by atoms with van der Waals surface area (Å²) >= 11 is 0. The molecule has 0 unspecified atom stereocenters. The van der Waals surface area contributed by atoms with E-state index in [1.54, 1.807) is 11.1 Å². The smallest absolute Gasteiger partial charge is 0.286 e. The Morgan fingerprint density at radius 2 is 1.72 bits per heavy atom. The van der Waals surface area contributed by atoms with Crippen LogP contribution in [0.4, 0.5) is 5.69 Å². The lowest BCUT2D eigenvalue weighted by molar-refractivity contribution is -0.385. The van der Waals surface area contributed by atoms with Crippen LogP contribution in [0, 0.1) is 10.1 Å². The van der Waals surface area contributed by atoms with Crippen molar-refractivity contribution >= 4 is 19.9 Å². The Morgan fingerprint density at radius 1 is 1.16 bits per heavy atom. The quantitative estimate of drug-likeness (QED) is 0.232. The summed E-state index contributed by atoms with van der Waals surface area (Å²) in [5, 5.41) is 12.0. The Labute approximate surface area is 193 Å². The topological polar surface area (TPSA) is 81.9 Å². The Hall–Kier alpha value is -2.35. The monoisotopic (exact) mass is 462 g/mol. The van der Waals surface area contributed by atoms with Gasteiger partial charge in [0.05, 0.1) is 18.1 Å². The third kappa shape index (κ3) is 4.70. The molecule has 0 aromatic heterocycles. The van der Waals surface area contributed by atoms with Crippen molar-refractivity contribution in [2.75, 3.05) is 7.11 Å². The van der Waals surface area contributed by atoms with E-state index in [1.165, 1.54) is 19.2 Å². The van der Waals surface area contributed by atoms with E-state index in [-0.39, 0.29) is 39.8 Å². The molecule has 0 aliphatic carbocycles. The van der Waals surface area contributed by atoms with E-state index >= 15 is 0 Å². The maximum Gasteiger partial charge on any atom is 0.286 e. The van der Waals surface area contributed by atoms with E-state index in [0.29, 0.717) is 11.5 Å². The zero-order chi connectivity index (χ0) is 24.4. The summed E-state index contributed by atoms with van der Waals surface area (Å²) in [5.41, 5.74) is 1.72. The summed E-state index contributed by atoms with van der Waals surface area (Å²) in [6, 6.07) is 2.87. The molecule has 0 fully saturated rings. The maximum absolute atomic E-state index is 13.4. The van der Waals surface area contributed by atoms with Gasteiger partial charge in [-0.15, -0.1) is 0 Å². The first-order valence-electron chi connectivity index (χ1n) is 11.5. The van der Waals surface area contributed by atoms with Crippen LogP contribution in [-0.4, -0.2) is 37.2 Å². The predicted octanol–water partition coefficient (Wildman–Crippen LogP) is 6.69. The summed E-state index contributed by atoms with van der Waals surface area (Å²) in [6.07, 6.45) is 3.35. The summed E-state index contributed by atoms with van der Waals surface area (Å²) in [4.78, 5) is 26.5. The third-order valence-corrected chi connectivity index (χ3v) is 12.7. The van der Waals surface area contributed by atoms with Gasteiger partial charge in [-0.25, -0.2) is 0 Å². The van der Waals surface area contributed by atoms with Gasteiger partial charge in [-0.1, -0.05) is 54.0 Å². The van der Waals surface area contributed by atoms with E-state index in [9.17, 15) is 14.9 Å². The molecule has 1 aromatic rings. The Kier molecular flexibility index (Phi) is 8.15. The molecule has 1 atom stereocenters. The Bertz CT molecular complexity index is 873. The van der Waals surface area contributed by atoms with Gasteiger partial charge in [-0.05, 0) is 36.4 Å². The maximum atomic E-state index is 13.4. The molecule has 1 aromatic carbocycles. The van der Waals surface area contributed by atoms with Crippen molar-refractivity contribution < 1.29 is 18.9 Å². The average molecular weight is 463 g/mol. The van der Waals surface area contributed by atoms with Crippen LogP contribution in [0.25, 0.3) is 0 Å². The van der Waals surface area contributed by atoms with Crippen molar-refractivity contribution in [3.8, 4) is 11.5 Å². The van der Waals surface area contributed by atoms with E-state index in [1.807, 2.05) is 13.8 Å². The molecule has 1 amide bonds. The molecule has 0 saturated carbocycles. The van der Waals surface area contributed by atoms with Crippen LogP contribution >= 0.6 is 0 Å². The average Bonchev–Trinajstić information content (AvgIpc) is 3.10. The van der Waals surface area contributed by atoms with Gasteiger partial charge in [-0.3, -0.25) is 14.9 Å². The number of nitrogens with zero attached hydrogens (tertiary/aromatic N) is 2. The van der Waals surface area contributed by atoms with Crippen molar-refractivity contribution in [2.45, 2.75) is 90.9 Å². The van der Waals surface area contributed by atoms with Gasteiger partial charge >= 0.3 is 0 Å². The van der Waals surface area contributed by atoms with Crippen LogP contribution in [0.2, 0.25) is 16.6 Å². The lowest BCUT2D eigenvalue weighted by Gasteiger charge is -2.42. The SMILES string of the molecule is CC[C@@H]1CC(C)=CN1C(=O)c1cc(OC)c(O[Si](C(C)C)(C(C)C)C(C)C)cc1[N+](=O)[O-]. The number of rotatable bonds is 9. The van der Waals surface area contributed by atoms with Gasteiger partial charge in [-0.2, -0.15) is 0 Å². The standard InChI is InChI=1S/C24H38N2O5Si/c1-10-19-11-18(8)14-25(19)24(27)20-12-22(30-9)23(13-21(20)26(28)29)31-32(15(2)3,16(4)5)17(6)7/h12-17,19H,10-11H2,1-9H3/t19-/m1/s1. The zero-order valence-corrected chi connectivity index (χ0v) is 21.9. The highest BCUT2D eigenvalue weighted by Crippen LogP contribution is 2.46. The van der Waals surface area contributed by atoms with E-state index in [4.69, 9.17) is 9.16 Å². The molecule has 178 valence electrons. The number of nitro groups is 1. The molecule has 0 bridgehead atoms. The number of ether oxygens (including phenoxy) is 1. The highest BCUT2D eigenvalue weighted by molar-refractivity contribution is 6.78. The molecular weight excluding hydrogens is 424 g/mol. The number of amides is 1. The number of carbonyl (C=O) groups excluding carboxylic acids is 1. The Morgan fingerprint density at radius 3 is 2.16 bits per heavy atom. The lowest BCUT2D eigenvalue weighted by Crippen LogP contribution is -2.50. The van der Waals surface area contributed by atoms with Gasteiger partial charge in [0.15, 0.2) is 11.5 Å². The number of hydrogen-bond acceptors (Lipinski definition) is 5. The largest absolute Gasteiger partial charge is 0.540 e. The first kappa shape index (κ1) is 25.9. The highest BCUT2D eigenvalue weighted by Gasteiger charge is 2.48. The van der Waals surface area contributed by atoms with Crippen molar-refractivity contribution in [3.63, 3.8) is 0 Å². The van der Waals surface area contributed by atoms with E-state index < -0.39 is 13.2 Å². The zero-order valence-electron chi connectivity index (χ0n) is 20.9. The van der Waals surface area contributed by atoms with Gasteiger partial charge in [0.1, 0.15) is 5.56 Å². The second-order valence-corrected chi connectivity index (χ2v) is 15.0. The molecule has 0 saturated heterocycles. The van der Waals surface area contributed by atoms with Crippen molar-refractivity contribution in [1.29, 1.82) is 0 Å². The third-order valence-electron chi connectivity index (χ3n) is 6.72. The molecule has 1 aliphatic rings. The van der Waals surface area contributed by atoms with E-state index in [2.05, 4.69) is 41.5 Å². The van der Waals surface area contributed by atoms with Crippen LogP contribution in [0.5, 0.6) is 11.5 Å². The minimum absolute atomic E-state index is 0.00639. The predicted molar refractivity (Wildman–Crippen MR) is 130 cm³/mol. The molecule has 32 heavy (non-hydrogen) atoms. The molecule has 0 spiro atoms. The van der Waals surface area contributed by atoms with E-state index in [0.717, 1.165) is 18.4 Å². The molecule has 8 heteroatoms. The molecule has 2 rings (SSSR count). The van der Waals surface area contributed by atoms with Gasteiger partial charge in [0.2, 0.25) is 0 Å². The summed E-state index contributed by atoms with van der Waals surface area (Å²) < 4.78 is 12.3. The fourth-order valence-electron chi connectivity index (χ4n) is 5.22. The highest BCUT2D eigenvalue weighted by atomic mass is 28.4. The van der Waals surface area contributed by atoms with Crippen LogP contribution in [-0.2, 0) is 0 Å². The number of nitro benzene ring substituents is 1. The first-order chi connectivity index (χ1) is 14.9.